The van der Waals surface area contributed by atoms with Crippen LogP contribution >= 0.6 is 0 Å². The normalized spacial score (nSPS) is 13.5. The molecule has 0 spiro atoms. The third kappa shape index (κ3) is 18.1. The molecular weight excluding hydrogens is 907 g/mol. The number of hydrogen-bond acceptors (Lipinski definition) is 11. The summed E-state index contributed by atoms with van der Waals surface area (Å²) in [4.78, 5) is 134. The Morgan fingerprint density at radius 1 is 0.614 bits per heavy atom. The Hall–Kier alpha value is -8.31. The second-order valence-corrected chi connectivity index (χ2v) is 16.5. The van der Waals surface area contributed by atoms with Crippen LogP contribution in [-0.4, -0.2) is 123 Å². The third-order valence-corrected chi connectivity index (χ3v) is 10.9. The highest BCUT2D eigenvalue weighted by atomic mass is 16.2. The van der Waals surface area contributed by atoms with Crippen molar-refractivity contribution in [3.63, 3.8) is 0 Å². The molecule has 2 aromatic carbocycles. The number of unbranched alkanes of at least 4 members (excludes halogenated alkanes) is 1. The SMILES string of the molecule is CCCC[C@H](NC(C)=O)C(=O)N[C@@H](CC(N)=O)C(=O)N[C@@H](Cc1cnc[nH]1)C(=O)N[C@H](Cc1ccccc1)C(=O)N[C@@H](CCCN=C(N)N)C(=O)N[C@H](Cc1c[nH]c2ccccc12)C(=O)NCC(N)=O. The summed E-state index contributed by atoms with van der Waals surface area (Å²) >= 11 is 0. The Balaban J connectivity index is 1.65. The van der Waals surface area contributed by atoms with Crippen LogP contribution in [0.2, 0.25) is 0 Å². The van der Waals surface area contributed by atoms with Crippen LogP contribution in [0.15, 0.2) is 78.3 Å². The Kier molecular flexibility index (Phi) is 21.3. The molecule has 4 aromatic rings. The van der Waals surface area contributed by atoms with Crippen molar-refractivity contribution >= 4 is 70.0 Å². The summed E-state index contributed by atoms with van der Waals surface area (Å²) in [6.45, 7) is 2.66. The Morgan fingerprint density at radius 3 is 1.77 bits per heavy atom. The van der Waals surface area contributed by atoms with Crippen molar-refractivity contribution in [3.8, 4) is 0 Å². The molecule has 70 heavy (non-hydrogen) atoms. The Bertz CT molecular complexity index is 2460. The first kappa shape index (κ1) is 54.3. The van der Waals surface area contributed by atoms with Gasteiger partial charge in [-0.25, -0.2) is 4.98 Å². The van der Waals surface area contributed by atoms with E-state index in [0.717, 1.165) is 10.9 Å². The first-order chi connectivity index (χ1) is 33.4. The van der Waals surface area contributed by atoms with Gasteiger partial charge in [-0.1, -0.05) is 68.3 Å². The number of para-hydroxylation sites is 1. The van der Waals surface area contributed by atoms with Crippen LogP contribution in [0, 0.1) is 0 Å². The number of fused-ring (bicyclic) bond motifs is 1. The van der Waals surface area contributed by atoms with Gasteiger partial charge in [0.2, 0.25) is 53.2 Å². The zero-order valence-electron chi connectivity index (χ0n) is 39.0. The number of carbonyl (C=O) groups is 9. The molecule has 0 bridgehead atoms. The molecule has 0 aliphatic rings. The van der Waals surface area contributed by atoms with E-state index in [2.05, 4.69) is 57.2 Å². The predicted octanol–water partition coefficient (Wildman–Crippen LogP) is -2.43. The molecule has 6 atom stereocenters. The van der Waals surface area contributed by atoms with Gasteiger partial charge in [0.1, 0.15) is 36.3 Å². The zero-order chi connectivity index (χ0) is 51.2. The van der Waals surface area contributed by atoms with Crippen LogP contribution in [0.3, 0.4) is 0 Å². The van der Waals surface area contributed by atoms with E-state index >= 15 is 0 Å². The quantitative estimate of drug-likeness (QED) is 0.0154. The highest BCUT2D eigenvalue weighted by Gasteiger charge is 2.34. The molecule has 0 radical (unpaired) electrons. The fourth-order valence-electron chi connectivity index (χ4n) is 7.38. The van der Waals surface area contributed by atoms with Gasteiger partial charge in [0.15, 0.2) is 5.96 Å². The molecule has 24 heteroatoms. The van der Waals surface area contributed by atoms with E-state index in [4.69, 9.17) is 22.9 Å². The minimum atomic E-state index is -1.58. The molecule has 9 amide bonds. The average Bonchev–Trinajstić information content (AvgIpc) is 3.99. The number of H-pyrrole nitrogens is 2. The summed E-state index contributed by atoms with van der Waals surface area (Å²) in [5.74, 6) is -7.47. The van der Waals surface area contributed by atoms with E-state index in [1.54, 1.807) is 36.5 Å². The molecule has 24 nitrogen and oxygen atoms in total. The van der Waals surface area contributed by atoms with Crippen LogP contribution in [0.5, 0.6) is 0 Å². The molecule has 0 saturated carbocycles. The molecule has 0 aliphatic heterocycles. The molecule has 0 aliphatic carbocycles. The Labute approximate surface area is 403 Å². The highest BCUT2D eigenvalue weighted by Crippen LogP contribution is 2.19. The smallest absolute Gasteiger partial charge is 0.243 e. The molecule has 2 aromatic heterocycles. The van der Waals surface area contributed by atoms with E-state index < -0.39 is 102 Å². The van der Waals surface area contributed by atoms with E-state index in [0.29, 0.717) is 29.7 Å². The molecule has 376 valence electrons. The van der Waals surface area contributed by atoms with Crippen LogP contribution in [0.1, 0.15) is 69.2 Å². The van der Waals surface area contributed by atoms with Gasteiger partial charge in [0, 0.05) is 61.7 Å². The predicted molar refractivity (Wildman–Crippen MR) is 257 cm³/mol. The van der Waals surface area contributed by atoms with Crippen LogP contribution < -0.4 is 60.2 Å². The second kappa shape index (κ2) is 27.5. The molecule has 17 N–H and O–H groups in total. The lowest BCUT2D eigenvalue weighted by atomic mass is 10.0. The number of rotatable bonds is 29. The lowest BCUT2D eigenvalue weighted by molar-refractivity contribution is -0.136. The van der Waals surface area contributed by atoms with Crippen molar-refractivity contribution < 1.29 is 43.2 Å². The largest absolute Gasteiger partial charge is 0.370 e. The summed E-state index contributed by atoms with van der Waals surface area (Å²) < 4.78 is 0. The van der Waals surface area contributed by atoms with Gasteiger partial charge in [-0.05, 0) is 36.5 Å². The highest BCUT2D eigenvalue weighted by molar-refractivity contribution is 5.98. The molecule has 0 unspecified atom stereocenters. The number of primary amides is 2. The fraction of sp³-hybridized carbons (Fsp3) is 0.413. The summed E-state index contributed by atoms with van der Waals surface area (Å²) in [6.07, 6.45) is 4.98. The van der Waals surface area contributed by atoms with E-state index in [1.807, 2.05) is 31.2 Å². The number of guanidine groups is 1. The maximum Gasteiger partial charge on any atom is 0.243 e. The van der Waals surface area contributed by atoms with Crippen molar-refractivity contribution in [2.75, 3.05) is 13.1 Å². The number of benzene rings is 2. The summed E-state index contributed by atoms with van der Waals surface area (Å²) in [6, 6.07) is 7.77. The Morgan fingerprint density at radius 2 is 1.17 bits per heavy atom. The number of imidazole rings is 1. The van der Waals surface area contributed by atoms with Crippen molar-refractivity contribution in [3.05, 3.63) is 90.1 Å². The molecular formula is C46H63N15O9. The number of amides is 9. The van der Waals surface area contributed by atoms with Crippen molar-refractivity contribution in [2.24, 2.45) is 27.9 Å². The zero-order valence-corrected chi connectivity index (χ0v) is 39.0. The average molecular weight is 970 g/mol. The maximum atomic E-state index is 14.5. The molecule has 0 saturated heterocycles. The lowest BCUT2D eigenvalue weighted by Crippen LogP contribution is -2.60. The van der Waals surface area contributed by atoms with Crippen LogP contribution in [0.4, 0.5) is 0 Å². The van der Waals surface area contributed by atoms with Gasteiger partial charge >= 0.3 is 0 Å². The van der Waals surface area contributed by atoms with Crippen molar-refractivity contribution in [1.82, 2.24) is 52.2 Å². The van der Waals surface area contributed by atoms with E-state index in [-0.39, 0.29) is 51.0 Å². The first-order valence-corrected chi connectivity index (χ1v) is 22.7. The number of nitrogens with zero attached hydrogens (tertiary/aromatic N) is 2. The number of aromatic nitrogens is 3. The number of nitrogens with two attached hydrogens (primary N) is 4. The van der Waals surface area contributed by atoms with Gasteiger partial charge in [-0.3, -0.25) is 48.1 Å². The minimum absolute atomic E-state index is 0.0378. The van der Waals surface area contributed by atoms with Crippen molar-refractivity contribution in [1.29, 1.82) is 0 Å². The maximum absolute atomic E-state index is 14.5. The van der Waals surface area contributed by atoms with Crippen LogP contribution in [0.25, 0.3) is 10.9 Å². The third-order valence-electron chi connectivity index (χ3n) is 10.9. The number of nitrogens with one attached hydrogen (secondary N) is 9. The summed E-state index contributed by atoms with van der Waals surface area (Å²) in [7, 11) is 0. The monoisotopic (exact) mass is 969 g/mol. The van der Waals surface area contributed by atoms with Gasteiger partial charge in [-0.15, -0.1) is 0 Å². The first-order valence-electron chi connectivity index (χ1n) is 22.7. The second-order valence-electron chi connectivity index (χ2n) is 16.5. The number of hydrogen-bond donors (Lipinski definition) is 13. The number of aliphatic imine (C=N–C) groups is 1. The topological polar surface area (TPSA) is 399 Å². The van der Waals surface area contributed by atoms with E-state index in [1.165, 1.54) is 19.4 Å². The summed E-state index contributed by atoms with van der Waals surface area (Å²) in [5.41, 5.74) is 24.3. The molecule has 4 rings (SSSR count). The number of carbonyl (C=O) groups excluding carboxylic acids is 9. The molecule has 0 fully saturated rings. The van der Waals surface area contributed by atoms with Gasteiger partial charge in [0.25, 0.3) is 0 Å². The fourth-order valence-corrected chi connectivity index (χ4v) is 7.38. The molecule has 2 heterocycles. The number of aromatic amines is 2. The lowest BCUT2D eigenvalue weighted by Gasteiger charge is -2.27. The summed E-state index contributed by atoms with van der Waals surface area (Å²) in [5, 5.41) is 18.9. The standard InChI is InChI=1S/C46H63N15O9/c1-3-4-14-32(56-26(2)62)41(66)61-37(21-38(47)63)45(70)60-36(20-29-23-51-25-55-29)44(69)58-34(18-27-11-6-5-7-12-27)43(68)57-33(16-10-17-52-46(49)50)42(67)59-35(40(65)54-24-39(48)64)19-28-22-53-31-15-9-8-13-30(28)31/h5-9,11-13,15,22-23,25,32-37,53H,3-4,10,14,16-21,24H2,1-2H3,(H2,47,63)(H2,48,64)(H,51,55)(H,54,65)(H,56,62)(H,57,68)(H,58,69)(H,59,67)(H,60,70)(H,61,66)(H4,49,50,52)/t32-,33-,34+,35+,36-,37-/m0/s1. The van der Waals surface area contributed by atoms with Gasteiger partial charge in [0.05, 0.1) is 19.3 Å². The van der Waals surface area contributed by atoms with Gasteiger partial charge < -0.3 is 70.1 Å². The van der Waals surface area contributed by atoms with E-state index in [9.17, 15) is 43.2 Å². The van der Waals surface area contributed by atoms with Crippen LogP contribution in [-0.2, 0) is 62.4 Å². The minimum Gasteiger partial charge on any atom is -0.370 e. The van der Waals surface area contributed by atoms with Crippen molar-refractivity contribution in [2.45, 2.75) is 108 Å². The van der Waals surface area contributed by atoms with Gasteiger partial charge in [-0.2, -0.15) is 0 Å².